The molecule has 0 saturated carbocycles. The highest BCUT2D eigenvalue weighted by molar-refractivity contribution is 6.74. The van der Waals surface area contributed by atoms with Gasteiger partial charge in [-0.3, -0.25) is 0 Å². The molecule has 1 aromatic rings. The van der Waals surface area contributed by atoms with Crippen molar-refractivity contribution >= 4 is 8.32 Å². The van der Waals surface area contributed by atoms with Crippen LogP contribution in [0.25, 0.3) is 0 Å². The van der Waals surface area contributed by atoms with E-state index >= 15 is 0 Å². The SMILES string of the molecule is COc1ccc(CCCO[Si](C)(C)C(C)(C)C)c(OC)c1. The minimum absolute atomic E-state index is 0.269. The van der Waals surface area contributed by atoms with Gasteiger partial charge in [0.05, 0.1) is 14.2 Å². The molecule has 0 fully saturated rings. The van der Waals surface area contributed by atoms with E-state index in [1.54, 1.807) is 14.2 Å². The fourth-order valence-electron chi connectivity index (χ4n) is 1.86. The summed E-state index contributed by atoms with van der Waals surface area (Å²) >= 11 is 0. The van der Waals surface area contributed by atoms with Crippen molar-refractivity contribution in [3.05, 3.63) is 23.8 Å². The Balaban J connectivity index is 2.53. The first-order valence-corrected chi connectivity index (χ1v) is 10.5. The molecule has 4 heteroatoms. The number of hydrogen-bond donors (Lipinski definition) is 0. The summed E-state index contributed by atoms with van der Waals surface area (Å²) in [5.74, 6) is 1.72. The third kappa shape index (κ3) is 5.04. The highest BCUT2D eigenvalue weighted by Crippen LogP contribution is 2.36. The summed E-state index contributed by atoms with van der Waals surface area (Å²) in [6.45, 7) is 12.2. The third-order valence-corrected chi connectivity index (χ3v) is 8.89. The van der Waals surface area contributed by atoms with E-state index in [1.165, 1.54) is 5.56 Å². The van der Waals surface area contributed by atoms with Crippen LogP contribution in [0.1, 0.15) is 32.8 Å². The molecular weight excluding hydrogens is 280 g/mol. The molecule has 1 aromatic carbocycles. The van der Waals surface area contributed by atoms with Gasteiger partial charge in [0.15, 0.2) is 8.32 Å². The summed E-state index contributed by atoms with van der Waals surface area (Å²) in [5, 5.41) is 0.269. The van der Waals surface area contributed by atoms with Crippen LogP contribution in [0.2, 0.25) is 18.1 Å². The van der Waals surface area contributed by atoms with E-state index in [-0.39, 0.29) is 5.04 Å². The molecular formula is C17H30O3Si. The van der Waals surface area contributed by atoms with E-state index in [0.717, 1.165) is 30.9 Å². The van der Waals surface area contributed by atoms with Crippen LogP contribution in [0, 0.1) is 0 Å². The standard InChI is InChI=1S/C17H30O3Si/c1-17(2,3)21(6,7)20-12-8-9-14-10-11-15(18-4)13-16(14)19-5/h10-11,13H,8-9,12H2,1-7H3. The lowest BCUT2D eigenvalue weighted by atomic mass is 10.1. The average Bonchev–Trinajstić information content (AvgIpc) is 2.42. The number of ether oxygens (including phenoxy) is 2. The van der Waals surface area contributed by atoms with Crippen LogP contribution in [-0.4, -0.2) is 29.1 Å². The second-order valence-electron chi connectivity index (χ2n) is 6.89. The highest BCUT2D eigenvalue weighted by atomic mass is 28.4. The van der Waals surface area contributed by atoms with Gasteiger partial charge in [-0.2, -0.15) is 0 Å². The molecule has 1 rings (SSSR count). The van der Waals surface area contributed by atoms with Crippen molar-refractivity contribution in [2.75, 3.05) is 20.8 Å². The topological polar surface area (TPSA) is 27.7 Å². The molecule has 120 valence electrons. The van der Waals surface area contributed by atoms with E-state index in [2.05, 4.69) is 39.9 Å². The van der Waals surface area contributed by atoms with Crippen molar-refractivity contribution in [3.63, 3.8) is 0 Å². The van der Waals surface area contributed by atoms with Gasteiger partial charge in [-0.25, -0.2) is 0 Å². The van der Waals surface area contributed by atoms with E-state index < -0.39 is 8.32 Å². The van der Waals surface area contributed by atoms with E-state index in [1.807, 2.05) is 12.1 Å². The van der Waals surface area contributed by atoms with E-state index in [0.29, 0.717) is 0 Å². The molecule has 0 aromatic heterocycles. The molecule has 0 unspecified atom stereocenters. The number of rotatable bonds is 7. The predicted molar refractivity (Wildman–Crippen MR) is 91.0 cm³/mol. The normalized spacial score (nSPS) is 12.3. The Morgan fingerprint density at radius 2 is 1.71 bits per heavy atom. The molecule has 0 aliphatic rings. The van der Waals surface area contributed by atoms with Crippen LogP contribution in [0.3, 0.4) is 0 Å². The molecule has 3 nitrogen and oxygen atoms in total. The van der Waals surface area contributed by atoms with Gasteiger partial charge >= 0.3 is 0 Å². The molecule has 0 bridgehead atoms. The Kier molecular flexibility index (Phi) is 6.29. The van der Waals surface area contributed by atoms with Crippen LogP contribution in [0.4, 0.5) is 0 Å². The summed E-state index contributed by atoms with van der Waals surface area (Å²) in [6.07, 6.45) is 1.97. The Labute approximate surface area is 130 Å². The smallest absolute Gasteiger partial charge is 0.191 e. The lowest BCUT2D eigenvalue weighted by Gasteiger charge is -2.36. The van der Waals surface area contributed by atoms with Crippen LogP contribution < -0.4 is 9.47 Å². The Bertz CT molecular complexity index is 450. The van der Waals surface area contributed by atoms with Gasteiger partial charge in [0.2, 0.25) is 0 Å². The minimum atomic E-state index is -1.63. The number of benzene rings is 1. The minimum Gasteiger partial charge on any atom is -0.497 e. The number of hydrogen-bond acceptors (Lipinski definition) is 3. The molecule has 0 saturated heterocycles. The largest absolute Gasteiger partial charge is 0.497 e. The lowest BCUT2D eigenvalue weighted by molar-refractivity contribution is 0.282. The maximum absolute atomic E-state index is 6.21. The van der Waals surface area contributed by atoms with Gasteiger partial charge in [0, 0.05) is 12.7 Å². The Morgan fingerprint density at radius 3 is 2.24 bits per heavy atom. The Morgan fingerprint density at radius 1 is 1.05 bits per heavy atom. The number of aryl methyl sites for hydroxylation is 1. The van der Waals surface area contributed by atoms with Crippen LogP contribution in [0.5, 0.6) is 11.5 Å². The quantitative estimate of drug-likeness (QED) is 0.541. The Hall–Kier alpha value is -1.00. The van der Waals surface area contributed by atoms with Crippen LogP contribution >= 0.6 is 0 Å². The first-order chi connectivity index (χ1) is 9.71. The van der Waals surface area contributed by atoms with Gasteiger partial charge in [0.25, 0.3) is 0 Å². The van der Waals surface area contributed by atoms with Crippen molar-refractivity contribution in [1.82, 2.24) is 0 Å². The van der Waals surface area contributed by atoms with Crippen molar-refractivity contribution in [2.24, 2.45) is 0 Å². The van der Waals surface area contributed by atoms with E-state index in [4.69, 9.17) is 13.9 Å². The zero-order chi connectivity index (χ0) is 16.1. The van der Waals surface area contributed by atoms with Crippen LogP contribution in [-0.2, 0) is 10.8 Å². The third-order valence-electron chi connectivity index (χ3n) is 4.35. The first kappa shape index (κ1) is 18.0. The summed E-state index contributed by atoms with van der Waals surface area (Å²) in [5.41, 5.74) is 1.21. The van der Waals surface area contributed by atoms with Crippen LogP contribution in [0.15, 0.2) is 18.2 Å². The average molecular weight is 311 g/mol. The zero-order valence-corrected chi connectivity index (χ0v) is 15.6. The molecule has 0 aliphatic carbocycles. The second-order valence-corrected chi connectivity index (χ2v) is 11.7. The highest BCUT2D eigenvalue weighted by Gasteiger charge is 2.36. The fraction of sp³-hybridized carbons (Fsp3) is 0.647. The van der Waals surface area contributed by atoms with Gasteiger partial charge in [-0.15, -0.1) is 0 Å². The second kappa shape index (κ2) is 7.32. The van der Waals surface area contributed by atoms with E-state index in [9.17, 15) is 0 Å². The molecule has 0 aliphatic heterocycles. The molecule has 0 radical (unpaired) electrons. The molecule has 0 heterocycles. The maximum atomic E-state index is 6.21. The summed E-state index contributed by atoms with van der Waals surface area (Å²) in [7, 11) is 1.74. The zero-order valence-electron chi connectivity index (χ0n) is 14.6. The van der Waals surface area contributed by atoms with Crippen molar-refractivity contribution in [1.29, 1.82) is 0 Å². The van der Waals surface area contributed by atoms with Gasteiger partial charge in [-0.1, -0.05) is 26.8 Å². The fourth-order valence-corrected chi connectivity index (χ4v) is 2.95. The summed E-state index contributed by atoms with van der Waals surface area (Å²) in [4.78, 5) is 0. The van der Waals surface area contributed by atoms with Gasteiger partial charge in [0.1, 0.15) is 11.5 Å². The first-order valence-electron chi connectivity index (χ1n) is 7.56. The predicted octanol–water partition coefficient (Wildman–Crippen LogP) is 4.66. The van der Waals surface area contributed by atoms with Crippen molar-refractivity contribution < 1.29 is 13.9 Å². The molecule has 21 heavy (non-hydrogen) atoms. The molecule has 0 amide bonds. The summed E-state index contributed by atoms with van der Waals surface area (Å²) < 4.78 is 16.9. The molecule has 0 N–H and O–H groups in total. The number of methoxy groups -OCH3 is 2. The maximum Gasteiger partial charge on any atom is 0.191 e. The molecule has 0 spiro atoms. The van der Waals surface area contributed by atoms with Crippen molar-refractivity contribution in [2.45, 2.75) is 51.7 Å². The van der Waals surface area contributed by atoms with Crippen molar-refractivity contribution in [3.8, 4) is 11.5 Å². The summed E-state index contributed by atoms with van der Waals surface area (Å²) in [6, 6.07) is 5.99. The molecule has 0 atom stereocenters. The van der Waals surface area contributed by atoms with Gasteiger partial charge in [-0.05, 0) is 42.6 Å². The van der Waals surface area contributed by atoms with Gasteiger partial charge < -0.3 is 13.9 Å². The monoisotopic (exact) mass is 310 g/mol. The lowest BCUT2D eigenvalue weighted by Crippen LogP contribution is -2.41.